The average Bonchev–Trinajstić information content (AvgIpc) is 3.73. The van der Waals surface area contributed by atoms with Crippen molar-refractivity contribution in [2.75, 3.05) is 0 Å². The van der Waals surface area contributed by atoms with Crippen LogP contribution >= 0.6 is 0 Å². The van der Waals surface area contributed by atoms with E-state index in [1.54, 1.807) is 0 Å². The van der Waals surface area contributed by atoms with E-state index in [2.05, 4.69) is 231 Å². The molecule has 0 aliphatic carbocycles. The van der Waals surface area contributed by atoms with Gasteiger partial charge < -0.3 is 0 Å². The van der Waals surface area contributed by atoms with Crippen molar-refractivity contribution in [2.24, 2.45) is 0 Å². The minimum absolute atomic E-state index is 0.150. The first-order chi connectivity index (χ1) is 31.3. The van der Waals surface area contributed by atoms with E-state index in [1.807, 2.05) is 0 Å². The molecule has 0 unspecified atom stereocenters. The number of benzene rings is 12. The van der Waals surface area contributed by atoms with Crippen LogP contribution in [-0.2, 0) is 0 Å². The van der Waals surface area contributed by atoms with Gasteiger partial charge in [0, 0.05) is 0 Å². The second-order valence-corrected chi connectivity index (χ2v) is 18.9. The van der Waals surface area contributed by atoms with Crippen molar-refractivity contribution >= 4 is 87.7 Å². The van der Waals surface area contributed by atoms with Gasteiger partial charge >= 0.3 is 343 Å². The van der Waals surface area contributed by atoms with Gasteiger partial charge in [0.15, 0.2) is 0 Å². The van der Waals surface area contributed by atoms with E-state index in [0.717, 1.165) is 0 Å². The van der Waals surface area contributed by atoms with Crippen LogP contribution in [0.2, 0.25) is 0 Å². The third-order valence-corrected chi connectivity index (χ3v) is 15.6. The maximum absolute atomic E-state index is 2.52. The fraction of sp³-hybridized carbons (Fsp3) is 0. The third-order valence-electron chi connectivity index (χ3n) is 13.3. The van der Waals surface area contributed by atoms with E-state index in [4.69, 9.17) is 0 Å². The zero-order valence-electron chi connectivity index (χ0n) is 34.3. The normalized spacial score (nSPS) is 11.8. The molecule has 13 rings (SSSR count). The Morgan fingerprint density at radius 3 is 1.16 bits per heavy atom. The van der Waals surface area contributed by atoms with Crippen LogP contribution in [0.1, 0.15) is 0 Å². The van der Waals surface area contributed by atoms with E-state index in [-0.39, 0.29) is 14.5 Å². The van der Waals surface area contributed by atoms with Crippen LogP contribution in [0.3, 0.4) is 0 Å². The van der Waals surface area contributed by atoms with Gasteiger partial charge in [0.05, 0.1) is 0 Å². The molecule has 0 spiro atoms. The summed E-state index contributed by atoms with van der Waals surface area (Å²) in [4.78, 5) is 0. The molecular formula is C62H38Se. The Hall–Kier alpha value is -7.54. The van der Waals surface area contributed by atoms with Gasteiger partial charge in [0.25, 0.3) is 0 Å². The van der Waals surface area contributed by atoms with Crippen molar-refractivity contribution in [1.82, 2.24) is 0 Å². The zero-order chi connectivity index (χ0) is 41.4. The van der Waals surface area contributed by atoms with Crippen LogP contribution in [-0.4, -0.2) is 14.5 Å². The predicted octanol–water partition coefficient (Wildman–Crippen LogP) is 17.2. The minimum Gasteiger partial charge on any atom is -0.0617 e. The van der Waals surface area contributed by atoms with Crippen LogP contribution in [0.4, 0.5) is 0 Å². The Kier molecular flexibility index (Phi) is 8.34. The molecule has 292 valence electrons. The fourth-order valence-corrected chi connectivity index (χ4v) is 13.1. The van der Waals surface area contributed by atoms with Crippen LogP contribution in [0.5, 0.6) is 0 Å². The summed E-state index contributed by atoms with van der Waals surface area (Å²) in [5, 5.41) is 15.6. The van der Waals surface area contributed by atoms with Gasteiger partial charge in [-0.05, 0) is 0 Å². The van der Waals surface area contributed by atoms with E-state index in [9.17, 15) is 0 Å². The standard InChI is InChI=1S/C62H38Se/c1-3-18-39(19-4-1)42-30-15-32-44-43(42)31-16-33-45(44)60-50-26-11-9-24-48(50)59(49-25-10-12-27-51(49)60)41-36-37-54-57(38-41)63-56-35-17-34-55(62(54)56)61-52-28-13-7-22-46(52)58(40-20-5-2-6-21-40)47-23-8-14-29-53(47)61/h1-38H. The smallest absolute Gasteiger partial charge is 0.0544 e. The molecule has 0 amide bonds. The molecule has 0 bridgehead atoms. The number of fused-ring (bicyclic) bond motifs is 8. The topological polar surface area (TPSA) is 0 Å². The number of hydrogen-bond donors (Lipinski definition) is 0. The SMILES string of the molecule is c1ccc(-c2cccc3c(-c4c5ccccc5c(-c5ccc6c(c5)[se]c5cccc(-c7c8ccccc8c(-c8ccccc8)c8ccccc78)c56)c5ccccc45)cccc23)cc1. The summed E-state index contributed by atoms with van der Waals surface area (Å²) in [6.07, 6.45) is 0. The molecular weight excluding hydrogens is 824 g/mol. The Bertz CT molecular complexity index is 3840. The van der Waals surface area contributed by atoms with E-state index in [1.165, 1.54) is 129 Å². The van der Waals surface area contributed by atoms with E-state index in [0.29, 0.717) is 0 Å². The maximum atomic E-state index is 2.52. The second-order valence-electron chi connectivity index (χ2n) is 16.6. The Morgan fingerprint density at radius 1 is 0.206 bits per heavy atom. The summed E-state index contributed by atoms with van der Waals surface area (Å²) in [6, 6.07) is 85.8. The molecule has 0 saturated heterocycles. The summed E-state index contributed by atoms with van der Waals surface area (Å²) in [5.41, 5.74) is 12.8. The van der Waals surface area contributed by atoms with Crippen molar-refractivity contribution in [3.05, 3.63) is 231 Å². The summed E-state index contributed by atoms with van der Waals surface area (Å²) in [5.74, 6) is 0. The molecule has 0 nitrogen and oxygen atoms in total. The number of rotatable bonds is 5. The quantitative estimate of drug-likeness (QED) is 0.119. The van der Waals surface area contributed by atoms with Gasteiger partial charge in [0.2, 0.25) is 0 Å². The van der Waals surface area contributed by atoms with E-state index < -0.39 is 0 Å². The Labute approximate surface area is 371 Å². The zero-order valence-corrected chi connectivity index (χ0v) is 36.1. The molecule has 13 aromatic rings. The number of hydrogen-bond acceptors (Lipinski definition) is 0. The van der Waals surface area contributed by atoms with Gasteiger partial charge in [-0.2, -0.15) is 0 Å². The summed E-state index contributed by atoms with van der Waals surface area (Å²) < 4.78 is 2.89. The third kappa shape index (κ3) is 5.61. The fourth-order valence-electron chi connectivity index (χ4n) is 10.7. The van der Waals surface area contributed by atoms with Crippen molar-refractivity contribution in [3.8, 4) is 55.6 Å². The van der Waals surface area contributed by atoms with Gasteiger partial charge in [-0.3, -0.25) is 0 Å². The molecule has 0 radical (unpaired) electrons. The maximum Gasteiger partial charge on any atom is -0.0544 e. The van der Waals surface area contributed by atoms with Gasteiger partial charge in [0.1, 0.15) is 0 Å². The molecule has 1 aromatic heterocycles. The largest absolute Gasteiger partial charge is 0.0617 e. The summed E-state index contributed by atoms with van der Waals surface area (Å²) in [6.45, 7) is 0. The predicted molar refractivity (Wildman–Crippen MR) is 273 cm³/mol. The van der Waals surface area contributed by atoms with Gasteiger partial charge in [-0.15, -0.1) is 0 Å². The molecule has 0 N–H and O–H groups in total. The van der Waals surface area contributed by atoms with Crippen LogP contribution in [0.25, 0.3) is 129 Å². The summed E-state index contributed by atoms with van der Waals surface area (Å²) in [7, 11) is 0. The van der Waals surface area contributed by atoms with Crippen molar-refractivity contribution in [1.29, 1.82) is 0 Å². The Balaban J connectivity index is 1.04. The molecule has 12 aromatic carbocycles. The van der Waals surface area contributed by atoms with Crippen LogP contribution in [0.15, 0.2) is 231 Å². The Morgan fingerprint density at radius 2 is 0.603 bits per heavy atom. The summed E-state index contributed by atoms with van der Waals surface area (Å²) >= 11 is 0.150. The van der Waals surface area contributed by atoms with Gasteiger partial charge in [-0.1, -0.05) is 30.3 Å². The molecule has 0 saturated carbocycles. The molecule has 1 heterocycles. The first kappa shape index (κ1) is 36.1. The van der Waals surface area contributed by atoms with Gasteiger partial charge in [-0.25, -0.2) is 0 Å². The van der Waals surface area contributed by atoms with E-state index >= 15 is 0 Å². The van der Waals surface area contributed by atoms with Crippen molar-refractivity contribution in [2.45, 2.75) is 0 Å². The molecule has 0 atom stereocenters. The molecule has 63 heavy (non-hydrogen) atoms. The molecule has 1 heteroatoms. The molecule has 0 aliphatic rings. The first-order valence-corrected chi connectivity index (χ1v) is 23.5. The van der Waals surface area contributed by atoms with Crippen LogP contribution in [0, 0.1) is 0 Å². The van der Waals surface area contributed by atoms with Crippen molar-refractivity contribution < 1.29 is 0 Å². The van der Waals surface area contributed by atoms with Crippen molar-refractivity contribution in [3.63, 3.8) is 0 Å². The molecule has 0 fully saturated rings. The minimum atomic E-state index is 0.150. The average molecular weight is 862 g/mol. The van der Waals surface area contributed by atoms with Crippen LogP contribution < -0.4 is 0 Å². The molecule has 0 aliphatic heterocycles. The first-order valence-electron chi connectivity index (χ1n) is 21.8. The monoisotopic (exact) mass is 862 g/mol. The second kappa shape index (κ2) is 14.5.